The van der Waals surface area contributed by atoms with Gasteiger partial charge >= 0.3 is 5.97 Å². The van der Waals surface area contributed by atoms with Crippen LogP contribution in [0.25, 0.3) is 0 Å². The molecule has 0 bridgehead atoms. The number of hydrogen-bond acceptors (Lipinski definition) is 7. The minimum absolute atomic E-state index is 0.00918. The van der Waals surface area contributed by atoms with Crippen LogP contribution in [0.4, 0.5) is 5.69 Å². The quantitative estimate of drug-likeness (QED) is 0.376. The predicted octanol–water partition coefficient (Wildman–Crippen LogP) is 2.65. The summed E-state index contributed by atoms with van der Waals surface area (Å²) < 4.78 is 15.2. The topological polar surface area (TPSA) is 112 Å². The second kappa shape index (κ2) is 9.48. The molecule has 0 aliphatic rings. The number of non-ortho nitro benzene ring substituents is 1. The average Bonchev–Trinajstić information content (AvgIpc) is 3.17. The lowest BCUT2D eigenvalue weighted by Gasteiger charge is -2.21. The van der Waals surface area contributed by atoms with Crippen molar-refractivity contribution in [3.63, 3.8) is 0 Å². The summed E-state index contributed by atoms with van der Waals surface area (Å²) in [6.07, 6.45) is 1.49. The first-order valence-electron chi connectivity index (χ1n) is 8.23. The highest BCUT2D eigenvalue weighted by Gasteiger charge is 2.23. The van der Waals surface area contributed by atoms with E-state index < -0.39 is 16.8 Å². The molecule has 2 aromatic rings. The average molecular weight is 376 g/mol. The number of ether oxygens (including phenoxy) is 2. The van der Waals surface area contributed by atoms with Gasteiger partial charge in [-0.15, -0.1) is 0 Å². The molecule has 9 nitrogen and oxygen atoms in total. The van der Waals surface area contributed by atoms with Crippen molar-refractivity contribution in [2.75, 3.05) is 26.9 Å². The van der Waals surface area contributed by atoms with Crippen LogP contribution in [-0.4, -0.2) is 48.6 Å². The van der Waals surface area contributed by atoms with Gasteiger partial charge in [0, 0.05) is 31.4 Å². The molecule has 9 heteroatoms. The molecule has 1 amide bonds. The van der Waals surface area contributed by atoms with E-state index in [-0.39, 0.29) is 43.1 Å². The lowest BCUT2D eigenvalue weighted by Crippen LogP contribution is -2.33. The molecular formula is C18H20N2O7. The number of amides is 1. The first kappa shape index (κ1) is 20.1. The number of carbonyl (C=O) groups excluding carboxylic acids is 2. The number of benzene rings is 1. The van der Waals surface area contributed by atoms with Gasteiger partial charge in [0.2, 0.25) is 0 Å². The van der Waals surface area contributed by atoms with Crippen molar-refractivity contribution >= 4 is 17.6 Å². The molecule has 0 aliphatic carbocycles. The number of esters is 1. The Hall–Kier alpha value is -3.20. The van der Waals surface area contributed by atoms with E-state index in [1.165, 1.54) is 24.3 Å². The normalized spacial score (nSPS) is 10.4. The summed E-state index contributed by atoms with van der Waals surface area (Å²) in [5.74, 6) is -0.669. The molecule has 0 aliphatic heterocycles. The molecule has 0 N–H and O–H groups in total. The Morgan fingerprint density at radius 3 is 2.59 bits per heavy atom. The minimum atomic E-state index is -0.732. The summed E-state index contributed by atoms with van der Waals surface area (Å²) in [6, 6.07) is 6.91. The Morgan fingerprint density at radius 2 is 2.00 bits per heavy atom. The molecule has 0 fully saturated rings. The van der Waals surface area contributed by atoms with Crippen molar-refractivity contribution in [2.24, 2.45) is 0 Å². The van der Waals surface area contributed by atoms with Crippen molar-refractivity contribution < 1.29 is 28.4 Å². The van der Waals surface area contributed by atoms with Gasteiger partial charge in [-0.1, -0.05) is 0 Å². The van der Waals surface area contributed by atoms with Crippen LogP contribution in [-0.2, 0) is 16.0 Å². The van der Waals surface area contributed by atoms with E-state index in [2.05, 4.69) is 0 Å². The molecule has 0 radical (unpaired) electrons. The van der Waals surface area contributed by atoms with E-state index in [9.17, 15) is 19.7 Å². The van der Waals surface area contributed by atoms with Crippen molar-refractivity contribution in [2.45, 2.75) is 13.5 Å². The summed E-state index contributed by atoms with van der Waals surface area (Å²) in [7, 11) is 1.50. The zero-order valence-corrected chi connectivity index (χ0v) is 15.0. The molecule has 1 aromatic heterocycles. The fourth-order valence-corrected chi connectivity index (χ4v) is 2.40. The number of carbonyl (C=O) groups is 2. The third-order valence-corrected chi connectivity index (χ3v) is 3.67. The molecule has 0 unspecified atom stereocenters. The lowest BCUT2D eigenvalue weighted by atomic mass is 10.1. The fraction of sp³-hybridized carbons (Fsp3) is 0.333. The Balaban J connectivity index is 2.37. The number of methoxy groups -OCH3 is 1. The van der Waals surface area contributed by atoms with E-state index in [0.29, 0.717) is 5.76 Å². The van der Waals surface area contributed by atoms with Crippen LogP contribution >= 0.6 is 0 Å². The summed E-state index contributed by atoms with van der Waals surface area (Å²) in [5, 5.41) is 11.2. The standard InChI is InChI=1S/C18H20N2O7/c1-3-26-18(22)14-9-13(10-15(11-14)20(23)24)17(21)19(6-8-25-2)12-16-5-4-7-27-16/h4-5,7,9-11H,3,6,8,12H2,1-2H3. The number of hydrogen-bond donors (Lipinski definition) is 0. The largest absolute Gasteiger partial charge is 0.467 e. The molecule has 0 saturated carbocycles. The Labute approximate surface area is 155 Å². The smallest absolute Gasteiger partial charge is 0.338 e. The van der Waals surface area contributed by atoms with Gasteiger partial charge in [-0.2, -0.15) is 0 Å². The number of nitro benzene ring substituents is 1. The van der Waals surface area contributed by atoms with Gasteiger partial charge in [0.25, 0.3) is 11.6 Å². The van der Waals surface area contributed by atoms with Crippen LogP contribution in [0, 0.1) is 10.1 Å². The molecular weight excluding hydrogens is 356 g/mol. The highest BCUT2D eigenvalue weighted by Crippen LogP contribution is 2.20. The summed E-state index contributed by atoms with van der Waals surface area (Å²) >= 11 is 0. The summed E-state index contributed by atoms with van der Waals surface area (Å²) in [6.45, 7) is 2.41. The van der Waals surface area contributed by atoms with Gasteiger partial charge in [0.15, 0.2) is 0 Å². The van der Waals surface area contributed by atoms with Crippen LogP contribution in [0.1, 0.15) is 33.4 Å². The molecule has 0 atom stereocenters. The van der Waals surface area contributed by atoms with E-state index in [1.807, 2.05) is 0 Å². The maximum absolute atomic E-state index is 12.9. The lowest BCUT2D eigenvalue weighted by molar-refractivity contribution is -0.384. The van der Waals surface area contributed by atoms with E-state index in [0.717, 1.165) is 12.1 Å². The maximum Gasteiger partial charge on any atom is 0.338 e. The molecule has 1 aromatic carbocycles. The first-order valence-corrected chi connectivity index (χ1v) is 8.23. The van der Waals surface area contributed by atoms with Crippen molar-refractivity contribution in [3.05, 3.63) is 63.6 Å². The SMILES string of the molecule is CCOC(=O)c1cc(C(=O)N(CCOC)Cc2ccco2)cc([N+](=O)[O-])c1. The molecule has 144 valence electrons. The Morgan fingerprint density at radius 1 is 1.26 bits per heavy atom. The van der Waals surface area contributed by atoms with Crippen LogP contribution in [0.3, 0.4) is 0 Å². The van der Waals surface area contributed by atoms with Crippen molar-refractivity contribution in [1.29, 1.82) is 0 Å². The van der Waals surface area contributed by atoms with Crippen LogP contribution in [0.15, 0.2) is 41.0 Å². The van der Waals surface area contributed by atoms with Gasteiger partial charge in [0.1, 0.15) is 5.76 Å². The second-order valence-corrected chi connectivity index (χ2v) is 5.55. The molecule has 0 saturated heterocycles. The van der Waals surface area contributed by atoms with E-state index >= 15 is 0 Å². The van der Waals surface area contributed by atoms with Gasteiger partial charge in [0.05, 0.1) is 36.5 Å². The molecule has 0 spiro atoms. The predicted molar refractivity (Wildman–Crippen MR) is 94.4 cm³/mol. The zero-order chi connectivity index (χ0) is 19.8. The summed E-state index contributed by atoms with van der Waals surface area (Å²) in [5.41, 5.74) is -0.414. The zero-order valence-electron chi connectivity index (χ0n) is 15.0. The minimum Gasteiger partial charge on any atom is -0.467 e. The fourth-order valence-electron chi connectivity index (χ4n) is 2.40. The van der Waals surface area contributed by atoms with Gasteiger partial charge < -0.3 is 18.8 Å². The van der Waals surface area contributed by atoms with Crippen LogP contribution in [0.5, 0.6) is 0 Å². The van der Waals surface area contributed by atoms with Gasteiger partial charge in [-0.25, -0.2) is 4.79 Å². The maximum atomic E-state index is 12.9. The molecule has 1 heterocycles. The number of rotatable bonds is 9. The Bertz CT molecular complexity index is 802. The van der Waals surface area contributed by atoms with E-state index in [1.54, 1.807) is 19.1 Å². The third kappa shape index (κ3) is 5.38. The summed E-state index contributed by atoms with van der Waals surface area (Å²) in [4.78, 5) is 36.9. The number of nitro groups is 1. The Kier molecular flexibility index (Phi) is 7.07. The number of nitrogens with zero attached hydrogens (tertiary/aromatic N) is 2. The number of furan rings is 1. The molecule has 2 rings (SSSR count). The third-order valence-electron chi connectivity index (χ3n) is 3.67. The van der Waals surface area contributed by atoms with Crippen molar-refractivity contribution in [3.8, 4) is 0 Å². The van der Waals surface area contributed by atoms with Crippen LogP contribution < -0.4 is 0 Å². The first-order chi connectivity index (χ1) is 13.0. The monoisotopic (exact) mass is 376 g/mol. The van der Waals surface area contributed by atoms with Crippen LogP contribution in [0.2, 0.25) is 0 Å². The van der Waals surface area contributed by atoms with E-state index in [4.69, 9.17) is 13.9 Å². The van der Waals surface area contributed by atoms with Crippen molar-refractivity contribution in [1.82, 2.24) is 4.90 Å². The van der Waals surface area contributed by atoms with Gasteiger partial charge in [-0.3, -0.25) is 14.9 Å². The second-order valence-electron chi connectivity index (χ2n) is 5.55. The highest BCUT2D eigenvalue weighted by molar-refractivity contribution is 5.99. The van der Waals surface area contributed by atoms with Gasteiger partial charge in [-0.05, 0) is 25.1 Å². The molecule has 27 heavy (non-hydrogen) atoms. The highest BCUT2D eigenvalue weighted by atomic mass is 16.6.